The highest BCUT2D eigenvalue weighted by atomic mass is 32.1. The van der Waals surface area contributed by atoms with E-state index in [2.05, 4.69) is 46.4 Å². The van der Waals surface area contributed by atoms with Crippen molar-refractivity contribution in [1.29, 1.82) is 0 Å². The fourth-order valence-corrected chi connectivity index (χ4v) is 6.94. The Kier molecular flexibility index (Phi) is 13.2. The van der Waals surface area contributed by atoms with Gasteiger partial charge in [-0.3, -0.25) is 14.3 Å². The van der Waals surface area contributed by atoms with Crippen LogP contribution < -0.4 is 15.2 Å². The van der Waals surface area contributed by atoms with Crippen LogP contribution in [0.15, 0.2) is 64.8 Å². The zero-order valence-corrected chi connectivity index (χ0v) is 28.1. The topological polar surface area (TPSA) is 73.2 Å². The molecule has 0 N–H and O–H groups in total. The van der Waals surface area contributed by atoms with Crippen molar-refractivity contribution in [2.75, 3.05) is 50.8 Å². The van der Waals surface area contributed by atoms with Crippen molar-refractivity contribution in [3.8, 4) is 5.75 Å². The maximum Gasteiger partial charge on any atom is 0.510 e. The first-order valence-corrected chi connectivity index (χ1v) is 18.0. The van der Waals surface area contributed by atoms with Crippen molar-refractivity contribution in [3.05, 3.63) is 70.3 Å². The number of aromatic nitrogens is 1. The second kappa shape index (κ2) is 18.0. The number of fused-ring (bicyclic) bond motifs is 2. The largest absolute Gasteiger partial charge is 0.510 e. The maximum atomic E-state index is 12.7. The van der Waals surface area contributed by atoms with Gasteiger partial charge in [0, 0.05) is 54.1 Å². The summed E-state index contributed by atoms with van der Waals surface area (Å²) in [5.74, 6) is 0.695. The third kappa shape index (κ3) is 9.72. The second-order valence-corrected chi connectivity index (χ2v) is 13.1. The molecular formula is C37H49N3O5S. The first-order chi connectivity index (χ1) is 22.6. The number of hydrogen-bond acceptors (Lipinski definition) is 8. The van der Waals surface area contributed by atoms with Crippen molar-refractivity contribution in [1.82, 2.24) is 9.47 Å². The van der Waals surface area contributed by atoms with E-state index < -0.39 is 6.16 Å². The number of hydrogen-bond donors (Lipinski definition) is 0. The van der Waals surface area contributed by atoms with E-state index in [4.69, 9.17) is 14.2 Å². The summed E-state index contributed by atoms with van der Waals surface area (Å²) in [6.45, 7) is 8.24. The molecule has 1 aliphatic heterocycles. The highest BCUT2D eigenvalue weighted by Crippen LogP contribution is 2.31. The molecule has 5 rings (SSSR count). The van der Waals surface area contributed by atoms with Crippen LogP contribution >= 0.6 is 11.3 Å². The maximum absolute atomic E-state index is 12.7. The summed E-state index contributed by atoms with van der Waals surface area (Å²) in [5.41, 5.74) is 1.78. The number of thiophene rings is 1. The molecule has 3 heterocycles. The molecule has 0 unspecified atom stereocenters. The monoisotopic (exact) mass is 647 g/mol. The lowest BCUT2D eigenvalue weighted by Gasteiger charge is -2.36. The van der Waals surface area contributed by atoms with Gasteiger partial charge in [-0.25, -0.2) is 4.79 Å². The van der Waals surface area contributed by atoms with Crippen LogP contribution in [0.2, 0.25) is 0 Å². The van der Waals surface area contributed by atoms with Crippen LogP contribution in [-0.2, 0) is 16.2 Å². The average molecular weight is 648 g/mol. The van der Waals surface area contributed by atoms with Gasteiger partial charge in [0.25, 0.3) is 5.56 Å². The van der Waals surface area contributed by atoms with Gasteiger partial charge in [-0.2, -0.15) is 0 Å². The summed E-state index contributed by atoms with van der Waals surface area (Å²) < 4.78 is 19.4. The van der Waals surface area contributed by atoms with Gasteiger partial charge in [0.05, 0.1) is 18.7 Å². The minimum atomic E-state index is -0.750. The minimum absolute atomic E-state index is 0.203. The van der Waals surface area contributed by atoms with Crippen molar-refractivity contribution >= 4 is 44.2 Å². The number of piperazine rings is 1. The van der Waals surface area contributed by atoms with Gasteiger partial charge in [0.2, 0.25) is 0 Å². The molecule has 2 aromatic carbocycles. The molecule has 0 atom stereocenters. The molecule has 0 aliphatic carbocycles. The molecule has 9 heteroatoms. The lowest BCUT2D eigenvalue weighted by Crippen LogP contribution is -2.46. The number of unbranched alkanes of at least 4 members (excludes halogenated alkanes) is 8. The molecule has 2 aromatic heterocycles. The van der Waals surface area contributed by atoms with E-state index in [-0.39, 0.29) is 12.3 Å². The second-order valence-electron chi connectivity index (χ2n) is 12.2. The van der Waals surface area contributed by atoms with E-state index in [1.165, 1.54) is 58.5 Å². The summed E-state index contributed by atoms with van der Waals surface area (Å²) >= 11 is 1.80. The summed E-state index contributed by atoms with van der Waals surface area (Å²) in [7, 11) is 0. The van der Waals surface area contributed by atoms with E-state index >= 15 is 0 Å². The molecule has 248 valence electrons. The average Bonchev–Trinajstić information content (AvgIpc) is 3.57. The zero-order chi connectivity index (χ0) is 32.0. The molecule has 8 nitrogen and oxygen atoms in total. The van der Waals surface area contributed by atoms with E-state index in [9.17, 15) is 9.59 Å². The number of carbonyl (C=O) groups excluding carboxylic acids is 1. The summed E-state index contributed by atoms with van der Waals surface area (Å²) in [5, 5.41) is 4.41. The number of ether oxygens (including phenoxy) is 3. The van der Waals surface area contributed by atoms with Gasteiger partial charge in [0.1, 0.15) is 5.75 Å². The molecule has 0 radical (unpaired) electrons. The molecule has 1 fully saturated rings. The lowest BCUT2D eigenvalue weighted by atomic mass is 10.1. The first-order valence-electron chi connectivity index (χ1n) is 17.1. The van der Waals surface area contributed by atoms with Crippen molar-refractivity contribution in [2.24, 2.45) is 0 Å². The number of benzene rings is 2. The highest BCUT2D eigenvalue weighted by molar-refractivity contribution is 7.17. The smallest absolute Gasteiger partial charge is 0.494 e. The Morgan fingerprint density at radius 3 is 2.39 bits per heavy atom. The first kappa shape index (κ1) is 33.8. The predicted molar refractivity (Wildman–Crippen MR) is 188 cm³/mol. The van der Waals surface area contributed by atoms with Crippen molar-refractivity contribution < 1.29 is 19.0 Å². The molecule has 1 aliphatic rings. The van der Waals surface area contributed by atoms with Crippen LogP contribution in [0.5, 0.6) is 5.75 Å². The van der Waals surface area contributed by atoms with E-state index in [0.717, 1.165) is 70.2 Å². The Morgan fingerprint density at radius 1 is 0.804 bits per heavy atom. The van der Waals surface area contributed by atoms with Crippen LogP contribution in [0, 0.1) is 0 Å². The summed E-state index contributed by atoms with van der Waals surface area (Å²) in [4.78, 5) is 29.9. The minimum Gasteiger partial charge on any atom is -0.494 e. The van der Waals surface area contributed by atoms with Crippen LogP contribution in [0.4, 0.5) is 10.5 Å². The Labute approximate surface area is 276 Å². The third-order valence-electron chi connectivity index (χ3n) is 8.82. The standard InChI is InChI=1S/C37H49N3O5S/c1-2-3-4-5-6-7-8-10-26-44-37(42)45-29-40-34-28-31(17-15-30(34)16-18-36(40)41)43-25-11-9-20-38-21-23-39(24-22-38)33-13-12-14-35-32(33)19-27-46-35/h12-19,27-28H,2-11,20-26,29H2,1H3. The van der Waals surface area contributed by atoms with Crippen LogP contribution in [0.1, 0.15) is 71.1 Å². The normalized spacial score (nSPS) is 13.8. The Bertz CT molecular complexity index is 1580. The highest BCUT2D eigenvalue weighted by Gasteiger charge is 2.18. The van der Waals surface area contributed by atoms with Gasteiger partial charge in [-0.1, -0.05) is 57.9 Å². The van der Waals surface area contributed by atoms with E-state index in [0.29, 0.717) is 24.5 Å². The number of rotatable bonds is 18. The SMILES string of the molecule is CCCCCCCCCCOC(=O)OCn1c(=O)ccc2ccc(OCCCCN3CCN(c4cccc5sccc45)CC3)cc21. The number of pyridine rings is 1. The van der Waals surface area contributed by atoms with Crippen molar-refractivity contribution in [2.45, 2.75) is 77.9 Å². The van der Waals surface area contributed by atoms with Crippen molar-refractivity contribution in [3.63, 3.8) is 0 Å². The van der Waals surface area contributed by atoms with E-state index in [1.807, 2.05) is 18.2 Å². The summed E-state index contributed by atoms with van der Waals surface area (Å²) in [6, 6.07) is 17.8. The lowest BCUT2D eigenvalue weighted by molar-refractivity contribution is 0.0331. The number of nitrogens with zero attached hydrogens (tertiary/aromatic N) is 3. The fourth-order valence-electron chi connectivity index (χ4n) is 6.13. The Balaban J connectivity index is 1.00. The van der Waals surface area contributed by atoms with Crippen LogP contribution in [0.25, 0.3) is 21.0 Å². The Hall–Kier alpha value is -3.56. The predicted octanol–water partition coefficient (Wildman–Crippen LogP) is 8.45. The number of carbonyl (C=O) groups is 1. The fraction of sp³-hybridized carbons (Fsp3) is 0.514. The molecule has 0 saturated carbocycles. The molecule has 1 saturated heterocycles. The third-order valence-corrected chi connectivity index (χ3v) is 9.70. The molecule has 0 spiro atoms. The number of anilines is 1. The van der Waals surface area contributed by atoms with Gasteiger partial charge >= 0.3 is 6.16 Å². The van der Waals surface area contributed by atoms with Crippen LogP contribution in [-0.4, -0.2) is 61.6 Å². The van der Waals surface area contributed by atoms with Gasteiger partial charge in [-0.05, 0) is 73.0 Å². The molecule has 46 heavy (non-hydrogen) atoms. The zero-order valence-electron chi connectivity index (χ0n) is 27.3. The van der Waals surface area contributed by atoms with Gasteiger partial charge in [0.15, 0.2) is 6.73 Å². The van der Waals surface area contributed by atoms with Gasteiger partial charge < -0.3 is 19.1 Å². The molecule has 0 amide bonds. The molecular weight excluding hydrogens is 598 g/mol. The quantitative estimate of drug-likeness (QED) is 0.0793. The Morgan fingerprint density at radius 2 is 1.57 bits per heavy atom. The summed E-state index contributed by atoms with van der Waals surface area (Å²) in [6.07, 6.45) is 10.6. The van der Waals surface area contributed by atoms with Crippen LogP contribution in [0.3, 0.4) is 0 Å². The van der Waals surface area contributed by atoms with E-state index in [1.54, 1.807) is 17.4 Å². The molecule has 4 aromatic rings. The molecule has 0 bridgehead atoms. The van der Waals surface area contributed by atoms with Gasteiger partial charge in [-0.15, -0.1) is 11.3 Å².